The summed E-state index contributed by atoms with van der Waals surface area (Å²) < 4.78 is 11.7. The number of methoxy groups -OCH3 is 1. The van der Waals surface area contributed by atoms with Crippen LogP contribution in [-0.2, 0) is 16.0 Å². The van der Waals surface area contributed by atoms with Crippen molar-refractivity contribution in [2.75, 3.05) is 45.4 Å². The number of benzene rings is 1. The number of rotatable bonds is 7. The van der Waals surface area contributed by atoms with Crippen LogP contribution in [0.4, 0.5) is 5.69 Å². The van der Waals surface area contributed by atoms with Crippen molar-refractivity contribution in [2.45, 2.75) is 19.0 Å². The van der Waals surface area contributed by atoms with E-state index in [4.69, 9.17) is 9.47 Å². The zero-order valence-corrected chi connectivity index (χ0v) is 13.8. The molecule has 112 valence electrons. The Morgan fingerprint density at radius 1 is 1.50 bits per heavy atom. The van der Waals surface area contributed by atoms with Crippen LogP contribution in [0.1, 0.15) is 12.0 Å². The molecule has 20 heavy (non-hydrogen) atoms. The van der Waals surface area contributed by atoms with Gasteiger partial charge in [0.15, 0.2) is 0 Å². The third-order valence-corrected chi connectivity index (χ3v) is 4.17. The molecule has 1 saturated heterocycles. The average Bonchev–Trinajstić information content (AvgIpc) is 2.97. The summed E-state index contributed by atoms with van der Waals surface area (Å²) in [6.45, 7) is 4.13. The summed E-state index contributed by atoms with van der Waals surface area (Å²) in [5.74, 6) is 0. The van der Waals surface area contributed by atoms with Crippen LogP contribution in [0.3, 0.4) is 0 Å². The molecule has 0 amide bonds. The molecule has 1 heterocycles. The first-order chi connectivity index (χ1) is 9.72. The number of nitrogens with one attached hydrogen (secondary N) is 1. The van der Waals surface area contributed by atoms with E-state index >= 15 is 0 Å². The van der Waals surface area contributed by atoms with Crippen molar-refractivity contribution in [1.82, 2.24) is 5.32 Å². The average molecular weight is 343 g/mol. The van der Waals surface area contributed by atoms with Crippen molar-refractivity contribution < 1.29 is 9.47 Å². The summed E-state index contributed by atoms with van der Waals surface area (Å²) >= 11 is 3.56. The van der Waals surface area contributed by atoms with Crippen LogP contribution in [0.25, 0.3) is 0 Å². The molecule has 0 bridgehead atoms. The lowest BCUT2D eigenvalue weighted by molar-refractivity contribution is 0.193. The minimum Gasteiger partial charge on any atom is -0.383 e. The topological polar surface area (TPSA) is 33.7 Å². The van der Waals surface area contributed by atoms with Gasteiger partial charge in [0.25, 0.3) is 0 Å². The summed E-state index contributed by atoms with van der Waals surface area (Å²) in [7, 11) is 3.88. The smallest absolute Gasteiger partial charge is 0.0670 e. The first-order valence-corrected chi connectivity index (χ1v) is 7.80. The van der Waals surface area contributed by atoms with Gasteiger partial charge >= 0.3 is 0 Å². The Labute approximate surface area is 129 Å². The molecule has 0 spiro atoms. The Morgan fingerprint density at radius 2 is 2.35 bits per heavy atom. The summed E-state index contributed by atoms with van der Waals surface area (Å²) in [4.78, 5) is 2.34. The highest BCUT2D eigenvalue weighted by Gasteiger charge is 2.22. The molecule has 2 rings (SSSR count). The van der Waals surface area contributed by atoms with Crippen molar-refractivity contribution in [3.05, 3.63) is 28.2 Å². The third-order valence-electron chi connectivity index (χ3n) is 3.67. The maximum atomic E-state index is 5.49. The van der Waals surface area contributed by atoms with Crippen LogP contribution in [0.2, 0.25) is 0 Å². The van der Waals surface area contributed by atoms with E-state index in [1.165, 1.54) is 11.3 Å². The van der Waals surface area contributed by atoms with Crippen molar-refractivity contribution in [3.63, 3.8) is 0 Å². The highest BCUT2D eigenvalue weighted by molar-refractivity contribution is 9.10. The van der Waals surface area contributed by atoms with E-state index in [-0.39, 0.29) is 0 Å². The molecule has 0 radical (unpaired) electrons. The van der Waals surface area contributed by atoms with E-state index in [9.17, 15) is 0 Å². The van der Waals surface area contributed by atoms with Gasteiger partial charge in [0.1, 0.15) is 0 Å². The Bertz CT molecular complexity index is 422. The molecule has 0 saturated carbocycles. The lowest BCUT2D eigenvalue weighted by Crippen LogP contribution is -2.33. The van der Waals surface area contributed by atoms with E-state index in [0.29, 0.717) is 6.04 Å². The molecule has 4 nitrogen and oxygen atoms in total. The molecule has 1 fully saturated rings. The van der Waals surface area contributed by atoms with Crippen LogP contribution in [0, 0.1) is 0 Å². The molecule has 0 aliphatic carbocycles. The SMILES string of the molecule is COCCNCc1cc(Br)ccc1N(C)C1CCOC1. The number of likely N-dealkylation sites (N-methyl/N-ethyl adjacent to an activating group) is 1. The fourth-order valence-corrected chi connectivity index (χ4v) is 2.87. The molecule has 1 N–H and O–H groups in total. The van der Waals surface area contributed by atoms with Crippen LogP contribution < -0.4 is 10.2 Å². The van der Waals surface area contributed by atoms with Crippen LogP contribution >= 0.6 is 15.9 Å². The van der Waals surface area contributed by atoms with E-state index in [1.54, 1.807) is 7.11 Å². The zero-order chi connectivity index (χ0) is 14.4. The Kier molecular flexibility index (Phi) is 6.29. The monoisotopic (exact) mass is 342 g/mol. The first kappa shape index (κ1) is 15.8. The van der Waals surface area contributed by atoms with Crippen LogP contribution in [-0.4, -0.2) is 46.6 Å². The molecule has 1 unspecified atom stereocenters. The quantitative estimate of drug-likeness (QED) is 0.771. The number of nitrogens with zero attached hydrogens (tertiary/aromatic N) is 1. The number of anilines is 1. The van der Waals surface area contributed by atoms with Crippen molar-refractivity contribution in [3.8, 4) is 0 Å². The summed E-state index contributed by atoms with van der Waals surface area (Å²) in [5.41, 5.74) is 2.57. The molecule has 1 aromatic carbocycles. The van der Waals surface area contributed by atoms with Crippen molar-refractivity contribution in [1.29, 1.82) is 0 Å². The normalized spacial score (nSPS) is 18.4. The first-order valence-electron chi connectivity index (χ1n) is 7.01. The molecule has 1 aliphatic heterocycles. The molecule has 1 atom stereocenters. The van der Waals surface area contributed by atoms with Gasteiger partial charge in [-0.2, -0.15) is 0 Å². The van der Waals surface area contributed by atoms with Gasteiger partial charge in [-0.1, -0.05) is 15.9 Å². The summed E-state index contributed by atoms with van der Waals surface area (Å²) in [6, 6.07) is 6.94. The van der Waals surface area contributed by atoms with Gasteiger partial charge in [0.05, 0.1) is 19.3 Å². The fraction of sp³-hybridized carbons (Fsp3) is 0.600. The zero-order valence-electron chi connectivity index (χ0n) is 12.2. The lowest BCUT2D eigenvalue weighted by atomic mass is 10.1. The Balaban J connectivity index is 2.06. The van der Waals surface area contributed by atoms with Crippen LogP contribution in [0.15, 0.2) is 22.7 Å². The number of halogens is 1. The number of ether oxygens (including phenoxy) is 2. The van der Waals surface area contributed by atoms with Gasteiger partial charge in [0, 0.05) is 44.0 Å². The maximum Gasteiger partial charge on any atom is 0.0670 e. The van der Waals surface area contributed by atoms with Gasteiger partial charge < -0.3 is 19.7 Å². The summed E-state index contributed by atoms with van der Waals surface area (Å²) in [6.07, 6.45) is 1.10. The second kappa shape index (κ2) is 7.98. The fourth-order valence-electron chi connectivity index (χ4n) is 2.46. The van der Waals surface area contributed by atoms with E-state index in [1.807, 2.05) is 0 Å². The molecule has 0 aromatic heterocycles. The minimum atomic E-state index is 0.480. The van der Waals surface area contributed by atoms with Gasteiger partial charge in [-0.25, -0.2) is 0 Å². The van der Waals surface area contributed by atoms with Gasteiger partial charge in [-0.05, 0) is 30.2 Å². The van der Waals surface area contributed by atoms with E-state index in [2.05, 4.69) is 51.4 Å². The predicted octanol–water partition coefficient (Wildman–Crippen LogP) is 2.41. The van der Waals surface area contributed by atoms with Gasteiger partial charge in [-0.15, -0.1) is 0 Å². The second-order valence-corrected chi connectivity index (χ2v) is 5.99. The molecular weight excluding hydrogens is 320 g/mol. The lowest BCUT2D eigenvalue weighted by Gasteiger charge is -2.28. The second-order valence-electron chi connectivity index (χ2n) is 5.07. The number of hydrogen-bond donors (Lipinski definition) is 1. The third kappa shape index (κ3) is 4.19. The Morgan fingerprint density at radius 3 is 3.05 bits per heavy atom. The highest BCUT2D eigenvalue weighted by atomic mass is 79.9. The maximum absolute atomic E-state index is 5.49. The summed E-state index contributed by atoms with van der Waals surface area (Å²) in [5, 5.41) is 3.41. The molecular formula is C15H23BrN2O2. The van der Waals surface area contributed by atoms with Gasteiger partial charge in [0.2, 0.25) is 0 Å². The number of hydrogen-bond acceptors (Lipinski definition) is 4. The van der Waals surface area contributed by atoms with Crippen LogP contribution in [0.5, 0.6) is 0 Å². The molecule has 5 heteroatoms. The van der Waals surface area contributed by atoms with Crippen molar-refractivity contribution >= 4 is 21.6 Å². The van der Waals surface area contributed by atoms with E-state index < -0.39 is 0 Å². The molecule has 1 aliphatic rings. The minimum absolute atomic E-state index is 0.480. The Hall–Kier alpha value is -0.620. The van der Waals surface area contributed by atoms with E-state index in [0.717, 1.165) is 43.8 Å². The largest absolute Gasteiger partial charge is 0.383 e. The highest BCUT2D eigenvalue weighted by Crippen LogP contribution is 2.27. The predicted molar refractivity (Wildman–Crippen MR) is 85.4 cm³/mol. The standard InChI is InChI=1S/C15H23BrN2O2/c1-18(14-5-7-20-11-14)15-4-3-13(16)9-12(15)10-17-6-8-19-2/h3-4,9,14,17H,5-8,10-11H2,1-2H3. The molecule has 1 aromatic rings. The van der Waals surface area contributed by atoms with Gasteiger partial charge in [-0.3, -0.25) is 0 Å². The van der Waals surface area contributed by atoms with Crippen molar-refractivity contribution in [2.24, 2.45) is 0 Å².